The fraction of sp³-hybridized carbons (Fsp3) is 0.412. The van der Waals surface area contributed by atoms with Crippen molar-refractivity contribution in [2.75, 3.05) is 39.3 Å². The molecular formula is C17H24N6S. The van der Waals surface area contributed by atoms with E-state index in [0.29, 0.717) is 5.11 Å². The third-order valence-electron chi connectivity index (χ3n) is 4.23. The molecule has 0 aliphatic carbocycles. The minimum Gasteiger partial charge on any atom is -0.360 e. The molecule has 0 spiro atoms. The van der Waals surface area contributed by atoms with Gasteiger partial charge in [-0.05, 0) is 25.2 Å². The fourth-order valence-corrected chi connectivity index (χ4v) is 3.02. The molecule has 1 aromatic heterocycles. The van der Waals surface area contributed by atoms with Crippen LogP contribution in [0.5, 0.6) is 0 Å². The molecule has 3 rings (SSSR count). The number of benzene rings is 1. The van der Waals surface area contributed by atoms with Crippen LogP contribution in [0.25, 0.3) is 10.9 Å². The maximum atomic E-state index is 5.30. The molecule has 1 aliphatic rings. The van der Waals surface area contributed by atoms with Gasteiger partial charge in [0.1, 0.15) is 0 Å². The maximum absolute atomic E-state index is 5.30. The minimum absolute atomic E-state index is 0.560. The van der Waals surface area contributed by atoms with E-state index < -0.39 is 0 Å². The molecule has 2 aromatic rings. The predicted octanol–water partition coefficient (Wildman–Crippen LogP) is 1.26. The number of piperazine rings is 1. The van der Waals surface area contributed by atoms with Crippen molar-refractivity contribution in [2.45, 2.75) is 6.92 Å². The Kier molecular flexibility index (Phi) is 5.79. The van der Waals surface area contributed by atoms with Gasteiger partial charge in [-0.15, -0.1) is 0 Å². The topological polar surface area (TPSA) is 67.5 Å². The molecule has 1 saturated heterocycles. The van der Waals surface area contributed by atoms with E-state index in [1.165, 1.54) is 0 Å². The molecule has 2 heterocycles. The summed E-state index contributed by atoms with van der Waals surface area (Å²) in [6.07, 6.45) is 1.98. The highest BCUT2D eigenvalue weighted by molar-refractivity contribution is 7.80. The summed E-state index contributed by atoms with van der Waals surface area (Å²) in [5, 5.41) is 12.7. The normalized spacial score (nSPS) is 16.3. The van der Waals surface area contributed by atoms with Crippen molar-refractivity contribution in [1.29, 1.82) is 0 Å². The molecule has 1 aliphatic heterocycles. The van der Waals surface area contributed by atoms with E-state index in [-0.39, 0.29) is 0 Å². The zero-order valence-corrected chi connectivity index (χ0v) is 14.7. The number of rotatable bonds is 5. The van der Waals surface area contributed by atoms with Crippen LogP contribution in [0.1, 0.15) is 12.5 Å². The van der Waals surface area contributed by atoms with Crippen LogP contribution in [0.3, 0.4) is 0 Å². The number of nitrogens with zero attached hydrogens (tertiary/aromatic N) is 2. The van der Waals surface area contributed by atoms with E-state index in [0.717, 1.165) is 61.4 Å². The number of hydrazone groups is 1. The summed E-state index contributed by atoms with van der Waals surface area (Å²) in [5.41, 5.74) is 6.03. The Balaban J connectivity index is 1.48. The van der Waals surface area contributed by atoms with Crippen molar-refractivity contribution < 1.29 is 0 Å². The molecule has 0 amide bonds. The second kappa shape index (κ2) is 8.23. The Hall–Kier alpha value is -1.96. The lowest BCUT2D eigenvalue weighted by Crippen LogP contribution is -2.46. The summed E-state index contributed by atoms with van der Waals surface area (Å²) in [4.78, 5) is 5.68. The highest BCUT2D eigenvalue weighted by Gasteiger charge is 2.09. The van der Waals surface area contributed by atoms with Gasteiger partial charge in [0.25, 0.3) is 0 Å². The van der Waals surface area contributed by atoms with Crippen molar-refractivity contribution in [1.82, 2.24) is 25.9 Å². The minimum atomic E-state index is 0.560. The number of fused-ring (bicyclic) bond motifs is 1. The van der Waals surface area contributed by atoms with Crippen LogP contribution in [-0.4, -0.2) is 60.0 Å². The van der Waals surface area contributed by atoms with Crippen LogP contribution < -0.4 is 16.1 Å². The first-order valence-corrected chi connectivity index (χ1v) is 8.72. The van der Waals surface area contributed by atoms with Crippen molar-refractivity contribution in [3.8, 4) is 0 Å². The average Bonchev–Trinajstić information content (AvgIpc) is 3.05. The summed E-state index contributed by atoms with van der Waals surface area (Å²) in [6, 6.07) is 8.19. The lowest BCUT2D eigenvalue weighted by molar-refractivity contribution is 0.244. The van der Waals surface area contributed by atoms with Crippen molar-refractivity contribution in [3.05, 3.63) is 36.0 Å². The van der Waals surface area contributed by atoms with Crippen molar-refractivity contribution >= 4 is 33.9 Å². The molecule has 0 radical (unpaired) electrons. The third-order valence-corrected chi connectivity index (χ3v) is 4.46. The van der Waals surface area contributed by atoms with Gasteiger partial charge in [0.15, 0.2) is 5.11 Å². The van der Waals surface area contributed by atoms with Gasteiger partial charge < -0.3 is 15.6 Å². The number of aromatic amines is 1. The molecule has 0 saturated carbocycles. The molecule has 0 unspecified atom stereocenters. The van der Waals surface area contributed by atoms with E-state index in [1.807, 2.05) is 25.3 Å². The van der Waals surface area contributed by atoms with Crippen LogP contribution in [0.15, 0.2) is 35.6 Å². The number of H-pyrrole nitrogens is 1. The standard InChI is InChI=1S/C17H24N6S/c1-13(15-12-20-16-5-3-2-4-14(15)16)21-22-17(24)19-8-11-23-9-6-18-7-10-23/h2-5,12,18,20H,6-11H2,1H3,(H2,19,22,24)/b21-13+. The van der Waals surface area contributed by atoms with Crippen LogP contribution in [0.4, 0.5) is 0 Å². The van der Waals surface area contributed by atoms with E-state index in [1.54, 1.807) is 0 Å². The molecule has 4 N–H and O–H groups in total. The Morgan fingerprint density at radius 3 is 2.92 bits per heavy atom. The monoisotopic (exact) mass is 344 g/mol. The van der Waals surface area contributed by atoms with Gasteiger partial charge >= 0.3 is 0 Å². The maximum Gasteiger partial charge on any atom is 0.187 e. The zero-order valence-electron chi connectivity index (χ0n) is 13.9. The molecule has 128 valence electrons. The summed E-state index contributed by atoms with van der Waals surface area (Å²) >= 11 is 5.30. The highest BCUT2D eigenvalue weighted by Crippen LogP contribution is 2.18. The summed E-state index contributed by atoms with van der Waals surface area (Å²) in [7, 11) is 0. The van der Waals surface area contributed by atoms with E-state index >= 15 is 0 Å². The van der Waals surface area contributed by atoms with Gasteiger partial charge in [-0.25, -0.2) is 0 Å². The third kappa shape index (κ3) is 4.31. The van der Waals surface area contributed by atoms with Gasteiger partial charge in [0.2, 0.25) is 0 Å². The van der Waals surface area contributed by atoms with Gasteiger partial charge in [-0.1, -0.05) is 18.2 Å². The van der Waals surface area contributed by atoms with Crippen LogP contribution in [-0.2, 0) is 0 Å². The number of para-hydroxylation sites is 1. The molecular weight excluding hydrogens is 320 g/mol. The molecule has 24 heavy (non-hydrogen) atoms. The fourth-order valence-electron chi connectivity index (χ4n) is 2.87. The molecule has 6 nitrogen and oxygen atoms in total. The van der Waals surface area contributed by atoms with Crippen LogP contribution in [0.2, 0.25) is 0 Å². The van der Waals surface area contributed by atoms with Crippen molar-refractivity contribution in [2.24, 2.45) is 5.10 Å². The summed E-state index contributed by atoms with van der Waals surface area (Å²) < 4.78 is 0. The first-order chi connectivity index (χ1) is 11.7. The molecule has 1 aromatic carbocycles. The van der Waals surface area contributed by atoms with E-state index in [9.17, 15) is 0 Å². The Morgan fingerprint density at radius 2 is 2.08 bits per heavy atom. The number of hydrogen-bond donors (Lipinski definition) is 4. The van der Waals surface area contributed by atoms with Crippen molar-refractivity contribution in [3.63, 3.8) is 0 Å². The van der Waals surface area contributed by atoms with E-state index in [4.69, 9.17) is 12.2 Å². The molecule has 1 fully saturated rings. The Labute approximate surface area is 147 Å². The highest BCUT2D eigenvalue weighted by atomic mass is 32.1. The molecule has 0 atom stereocenters. The first kappa shape index (κ1) is 16.9. The van der Waals surface area contributed by atoms with Gasteiger partial charge in [0, 0.05) is 61.9 Å². The SMILES string of the molecule is C/C(=N\NC(=S)NCCN1CCNCC1)c1c[nH]c2ccccc12. The van der Waals surface area contributed by atoms with Gasteiger partial charge in [-0.2, -0.15) is 5.10 Å². The van der Waals surface area contributed by atoms with Crippen LogP contribution in [0, 0.1) is 0 Å². The quantitative estimate of drug-likeness (QED) is 0.374. The second-order valence-electron chi connectivity index (χ2n) is 5.90. The zero-order chi connectivity index (χ0) is 16.8. The average molecular weight is 344 g/mol. The number of hydrogen-bond acceptors (Lipinski definition) is 4. The Morgan fingerprint density at radius 1 is 1.29 bits per heavy atom. The second-order valence-corrected chi connectivity index (χ2v) is 6.31. The van der Waals surface area contributed by atoms with Gasteiger partial charge in [-0.3, -0.25) is 10.3 Å². The number of thiocarbonyl (C=S) groups is 1. The number of aromatic nitrogens is 1. The van der Waals surface area contributed by atoms with Crippen LogP contribution >= 0.6 is 12.2 Å². The largest absolute Gasteiger partial charge is 0.360 e. The smallest absolute Gasteiger partial charge is 0.187 e. The Bertz CT molecular complexity index is 717. The predicted molar refractivity (Wildman–Crippen MR) is 104 cm³/mol. The van der Waals surface area contributed by atoms with Gasteiger partial charge in [0.05, 0.1) is 5.71 Å². The lowest BCUT2D eigenvalue weighted by atomic mass is 10.1. The molecule has 0 bridgehead atoms. The summed E-state index contributed by atoms with van der Waals surface area (Å²) in [6.45, 7) is 8.13. The number of nitrogens with one attached hydrogen (secondary N) is 4. The molecule has 7 heteroatoms. The lowest BCUT2D eigenvalue weighted by Gasteiger charge is -2.27. The van der Waals surface area contributed by atoms with E-state index in [2.05, 4.69) is 43.2 Å². The first-order valence-electron chi connectivity index (χ1n) is 8.32. The summed E-state index contributed by atoms with van der Waals surface area (Å²) in [5.74, 6) is 0.